The van der Waals surface area contributed by atoms with Gasteiger partial charge in [0.25, 0.3) is 0 Å². The van der Waals surface area contributed by atoms with Gasteiger partial charge in [-0.3, -0.25) is 0 Å². The van der Waals surface area contributed by atoms with Crippen LogP contribution in [0.4, 0.5) is 0 Å². The first kappa shape index (κ1) is 17.4. The average molecular weight is 217 g/mol. The molecule has 0 amide bonds. The van der Waals surface area contributed by atoms with Crippen LogP contribution in [0.15, 0.2) is 0 Å². The number of carboxylic acids is 1. The molecule has 11 heavy (non-hydrogen) atoms. The van der Waals surface area contributed by atoms with Gasteiger partial charge in [0.05, 0.1) is 0 Å². The number of unbranched alkanes of at least 4 members (excludes halogenated alkanes) is 3. The van der Waals surface area contributed by atoms with Crippen LogP contribution in [0.1, 0.15) is 39.0 Å². The Morgan fingerprint density at radius 2 is 1.82 bits per heavy atom. The van der Waals surface area contributed by atoms with E-state index in [1.54, 1.807) is 0 Å². The number of hydrogen-bond donors (Lipinski definition) is 0. The van der Waals surface area contributed by atoms with Gasteiger partial charge in [-0.25, -0.2) is 0 Å². The maximum atomic E-state index is 9.85. The second kappa shape index (κ2) is 12.9. The summed E-state index contributed by atoms with van der Waals surface area (Å²) in [4.78, 5) is 9.85. The largest absolute Gasteiger partial charge is 2.00 e. The van der Waals surface area contributed by atoms with Crippen LogP contribution in [-0.4, -0.2) is 5.97 Å². The van der Waals surface area contributed by atoms with Gasteiger partial charge in [-0.1, -0.05) is 26.2 Å². The van der Waals surface area contributed by atoms with Gasteiger partial charge in [-0.05, 0) is 12.8 Å². The summed E-state index contributed by atoms with van der Waals surface area (Å²) in [6.07, 6.45) is 4.29. The van der Waals surface area contributed by atoms with Gasteiger partial charge in [0.15, 0.2) is 0 Å². The van der Waals surface area contributed by atoms with E-state index in [4.69, 9.17) is 0 Å². The molecule has 0 rings (SSSR count). The number of carboxylic acid groups (broad SMARTS) is 1. The molecule has 0 saturated carbocycles. The molecule has 0 heterocycles. The van der Waals surface area contributed by atoms with E-state index in [-0.39, 0.29) is 36.2 Å². The number of carbonyl (C=O) groups is 1. The van der Waals surface area contributed by atoms with E-state index in [1.165, 1.54) is 0 Å². The number of aliphatic carboxylic acids is 1. The molecule has 0 N–H and O–H groups in total. The maximum Gasteiger partial charge on any atom is 2.00 e. The quantitative estimate of drug-likeness (QED) is 0.486. The molecule has 66 valence electrons. The Labute approximate surface area is 84.9 Å². The minimum absolute atomic E-state index is 0. The third kappa shape index (κ3) is 17.9. The van der Waals surface area contributed by atoms with Crippen molar-refractivity contribution in [1.29, 1.82) is 0 Å². The summed E-state index contributed by atoms with van der Waals surface area (Å²) >= 11 is 0. The van der Waals surface area contributed by atoms with Gasteiger partial charge >= 0.3 is 17.4 Å². The van der Waals surface area contributed by atoms with Crippen molar-refractivity contribution < 1.29 is 39.7 Å². The van der Waals surface area contributed by atoms with Gasteiger partial charge in [0.2, 0.25) is 0 Å². The van der Waals surface area contributed by atoms with E-state index in [0.717, 1.165) is 25.7 Å². The van der Waals surface area contributed by atoms with E-state index < -0.39 is 5.97 Å². The van der Waals surface area contributed by atoms with Crippen LogP contribution in [0.25, 0.3) is 0 Å². The Hall–Kier alpha value is 0.292. The van der Waals surface area contributed by atoms with E-state index in [0.29, 0.717) is 0 Å². The Kier molecular flexibility index (Phi) is 20.4. The van der Waals surface area contributed by atoms with Crippen molar-refractivity contribution >= 4 is 5.97 Å². The molecule has 0 aromatic carbocycles. The molecule has 0 aliphatic rings. The Balaban J connectivity index is -0.000000320. The van der Waals surface area contributed by atoms with Crippen LogP contribution in [0.5, 0.6) is 0 Å². The summed E-state index contributed by atoms with van der Waals surface area (Å²) in [7, 11) is 0. The van der Waals surface area contributed by atoms with Crippen molar-refractivity contribution in [3.63, 3.8) is 0 Å². The maximum absolute atomic E-state index is 9.85. The van der Waals surface area contributed by atoms with Crippen LogP contribution < -0.4 is 17.5 Å². The Morgan fingerprint density at radius 3 is 2.18 bits per heavy atom. The van der Waals surface area contributed by atoms with Gasteiger partial charge in [-0.15, -0.1) is 0 Å². The summed E-state index contributed by atoms with van der Waals surface area (Å²) in [6, 6.07) is 0. The molecule has 0 saturated heterocycles. The van der Waals surface area contributed by atoms with Gasteiger partial charge in [0.1, 0.15) is 0 Å². The first-order chi connectivity index (χ1) is 4.27. The number of carbonyl (C=O) groups excluding carboxylic acids is 1. The number of rotatable bonds is 5. The van der Waals surface area contributed by atoms with Crippen LogP contribution in [0.3, 0.4) is 0 Å². The minimum Gasteiger partial charge on any atom is -1.00 e. The van der Waals surface area contributed by atoms with E-state index in [2.05, 4.69) is 6.92 Å². The smallest absolute Gasteiger partial charge is 1.00 e. The second-order valence-electron chi connectivity index (χ2n) is 2.18. The fourth-order valence-electron chi connectivity index (χ4n) is 0.696. The first-order valence-electron chi connectivity index (χ1n) is 3.47. The van der Waals surface area contributed by atoms with Gasteiger partial charge < -0.3 is 22.3 Å². The average Bonchev–Trinajstić information content (AvgIpc) is 1.80. The van der Waals surface area contributed by atoms with Gasteiger partial charge in [0, 0.05) is 5.97 Å². The van der Waals surface area contributed by atoms with Crippen molar-refractivity contribution in [3.05, 3.63) is 0 Å². The summed E-state index contributed by atoms with van der Waals surface area (Å²) in [5, 5.41) is 9.85. The van der Waals surface area contributed by atoms with Crippen molar-refractivity contribution in [2.24, 2.45) is 0 Å². The van der Waals surface area contributed by atoms with E-state index in [1.807, 2.05) is 0 Å². The van der Waals surface area contributed by atoms with Gasteiger partial charge in [-0.2, -0.15) is 0 Å². The predicted molar refractivity (Wildman–Crippen MR) is 33.8 cm³/mol. The third-order valence-corrected chi connectivity index (χ3v) is 1.23. The monoisotopic (exact) mass is 216 g/mol. The molecule has 0 aliphatic heterocycles. The molecule has 0 unspecified atom stereocenters. The Morgan fingerprint density at radius 1 is 1.27 bits per heavy atom. The van der Waals surface area contributed by atoms with Crippen molar-refractivity contribution in [2.45, 2.75) is 39.0 Å². The molecule has 0 radical (unpaired) electrons. The van der Waals surface area contributed by atoms with Crippen LogP contribution in [-0.2, 0) is 22.2 Å². The molecule has 0 aliphatic carbocycles. The molecule has 0 spiro atoms. The zero-order valence-corrected chi connectivity index (χ0v) is 8.67. The SMILES string of the molecule is CCCCCCC(=O)[O-].[Cl-].[Cr+2]. The number of halogens is 1. The molecule has 0 bridgehead atoms. The molecule has 0 aromatic heterocycles. The molecule has 0 atom stereocenters. The van der Waals surface area contributed by atoms with Crippen molar-refractivity contribution in [3.8, 4) is 0 Å². The molecule has 0 aromatic rings. The topological polar surface area (TPSA) is 40.1 Å². The predicted octanol–water partition coefficient (Wildman–Crippen LogP) is -2.29. The summed E-state index contributed by atoms with van der Waals surface area (Å²) < 4.78 is 0. The van der Waals surface area contributed by atoms with Crippen molar-refractivity contribution in [2.75, 3.05) is 0 Å². The van der Waals surface area contributed by atoms with Crippen LogP contribution >= 0.6 is 0 Å². The van der Waals surface area contributed by atoms with E-state index >= 15 is 0 Å². The van der Waals surface area contributed by atoms with E-state index in [9.17, 15) is 9.90 Å². The fourth-order valence-corrected chi connectivity index (χ4v) is 0.696. The van der Waals surface area contributed by atoms with Crippen LogP contribution in [0.2, 0.25) is 0 Å². The minimum atomic E-state index is -0.925. The first-order valence-corrected chi connectivity index (χ1v) is 3.47. The zero-order valence-electron chi connectivity index (χ0n) is 6.64. The third-order valence-electron chi connectivity index (χ3n) is 1.23. The standard InChI is InChI=1S/C7H14O2.ClH.Cr/c1-2-3-4-5-6-7(8)9;;/h2-6H2,1H3,(H,8,9);1H;/q;;+2/p-2. The normalized spacial score (nSPS) is 7.73. The number of hydrogen-bond acceptors (Lipinski definition) is 2. The summed E-state index contributed by atoms with van der Waals surface area (Å²) in [5.74, 6) is -0.925. The molecular formula is C7H13ClCrO2. The molecule has 4 heteroatoms. The summed E-state index contributed by atoms with van der Waals surface area (Å²) in [6.45, 7) is 2.10. The van der Waals surface area contributed by atoms with Crippen molar-refractivity contribution in [1.82, 2.24) is 0 Å². The molecular weight excluding hydrogens is 204 g/mol. The fraction of sp³-hybridized carbons (Fsp3) is 0.857. The second-order valence-corrected chi connectivity index (χ2v) is 2.18. The van der Waals surface area contributed by atoms with Crippen LogP contribution in [0, 0.1) is 0 Å². The summed E-state index contributed by atoms with van der Waals surface area (Å²) in [5.41, 5.74) is 0. The Bertz CT molecular complexity index is 88.5. The molecule has 0 fully saturated rings. The molecule has 2 nitrogen and oxygen atoms in total. The zero-order chi connectivity index (χ0) is 7.11.